The summed E-state index contributed by atoms with van der Waals surface area (Å²) in [4.78, 5) is 25.1. The van der Waals surface area contributed by atoms with Crippen molar-refractivity contribution in [2.24, 2.45) is 0 Å². The number of amides is 1. The van der Waals surface area contributed by atoms with Crippen LogP contribution in [0, 0.1) is 0 Å². The van der Waals surface area contributed by atoms with Crippen LogP contribution in [0.15, 0.2) is 48.5 Å². The molecular weight excluding hydrogens is 316 g/mol. The van der Waals surface area contributed by atoms with E-state index in [1.165, 1.54) is 5.56 Å². The molecule has 5 heteroatoms. The highest BCUT2D eigenvalue weighted by Gasteiger charge is 2.23. The maximum absolute atomic E-state index is 12.4. The van der Waals surface area contributed by atoms with Gasteiger partial charge in [0, 0.05) is 25.2 Å². The molecule has 0 unspecified atom stereocenters. The van der Waals surface area contributed by atoms with Gasteiger partial charge in [-0.05, 0) is 48.7 Å². The summed E-state index contributed by atoms with van der Waals surface area (Å²) in [7, 11) is 0. The third kappa shape index (κ3) is 4.25. The van der Waals surface area contributed by atoms with Crippen molar-refractivity contribution in [3.8, 4) is 0 Å². The van der Waals surface area contributed by atoms with Crippen LogP contribution in [-0.2, 0) is 17.8 Å². The predicted molar refractivity (Wildman–Crippen MR) is 96.8 cm³/mol. The second kappa shape index (κ2) is 7.94. The highest BCUT2D eigenvalue weighted by atomic mass is 16.4. The molecule has 1 heterocycles. The normalized spacial score (nSPS) is 12.9. The maximum Gasteiger partial charge on any atom is 0.335 e. The molecule has 0 aliphatic carbocycles. The zero-order valence-corrected chi connectivity index (χ0v) is 14.1. The molecule has 1 aliphatic rings. The molecular formula is C20H22N2O3. The zero-order chi connectivity index (χ0) is 17.6. The molecule has 1 amide bonds. The number of aromatic carboxylic acids is 1. The van der Waals surface area contributed by atoms with Gasteiger partial charge in [-0.2, -0.15) is 0 Å². The Bertz CT molecular complexity index is 756. The Balaban J connectivity index is 1.39. The van der Waals surface area contributed by atoms with Gasteiger partial charge in [0.15, 0.2) is 0 Å². The lowest BCUT2D eigenvalue weighted by atomic mass is 10.1. The molecule has 2 aromatic carbocycles. The van der Waals surface area contributed by atoms with Crippen molar-refractivity contribution in [3.63, 3.8) is 0 Å². The number of carboxylic acid groups (broad SMARTS) is 1. The Labute approximate surface area is 147 Å². The molecule has 1 aliphatic heterocycles. The largest absolute Gasteiger partial charge is 0.478 e. The first kappa shape index (κ1) is 17.2. The van der Waals surface area contributed by atoms with E-state index in [0.29, 0.717) is 18.5 Å². The van der Waals surface area contributed by atoms with Crippen molar-refractivity contribution in [1.82, 2.24) is 5.32 Å². The predicted octanol–water partition coefficient (Wildman–Crippen LogP) is 2.84. The van der Waals surface area contributed by atoms with Gasteiger partial charge in [0.05, 0.1) is 5.56 Å². The molecule has 3 rings (SSSR count). The van der Waals surface area contributed by atoms with Crippen LogP contribution in [-0.4, -0.2) is 30.1 Å². The summed E-state index contributed by atoms with van der Waals surface area (Å²) in [6.45, 7) is 2.20. The second-order valence-electron chi connectivity index (χ2n) is 6.21. The Morgan fingerprint density at radius 3 is 2.60 bits per heavy atom. The molecule has 2 aromatic rings. The first-order valence-electron chi connectivity index (χ1n) is 8.56. The third-order valence-electron chi connectivity index (χ3n) is 4.46. The minimum Gasteiger partial charge on any atom is -0.478 e. The van der Waals surface area contributed by atoms with Crippen LogP contribution < -0.4 is 10.2 Å². The molecule has 0 saturated heterocycles. The lowest BCUT2D eigenvalue weighted by Gasteiger charge is -2.17. The average Bonchev–Trinajstić information content (AvgIpc) is 3.06. The van der Waals surface area contributed by atoms with E-state index in [1.54, 1.807) is 12.1 Å². The van der Waals surface area contributed by atoms with E-state index >= 15 is 0 Å². The Morgan fingerprint density at radius 1 is 1.08 bits per heavy atom. The number of para-hydroxylation sites is 1. The number of nitrogens with one attached hydrogen (secondary N) is 1. The lowest BCUT2D eigenvalue weighted by Crippen LogP contribution is -2.29. The van der Waals surface area contributed by atoms with Crippen molar-refractivity contribution in [2.45, 2.75) is 25.8 Å². The fraction of sp³-hybridized carbons (Fsp3) is 0.300. The van der Waals surface area contributed by atoms with Gasteiger partial charge in [-0.1, -0.05) is 30.3 Å². The van der Waals surface area contributed by atoms with Gasteiger partial charge in [0.25, 0.3) is 0 Å². The van der Waals surface area contributed by atoms with E-state index in [4.69, 9.17) is 5.11 Å². The molecule has 0 aromatic heterocycles. The van der Waals surface area contributed by atoms with Crippen LogP contribution in [0.1, 0.15) is 34.3 Å². The van der Waals surface area contributed by atoms with E-state index in [2.05, 4.69) is 11.4 Å². The highest BCUT2D eigenvalue weighted by Crippen LogP contribution is 2.27. The number of hydrogen-bond acceptors (Lipinski definition) is 3. The molecule has 25 heavy (non-hydrogen) atoms. The second-order valence-corrected chi connectivity index (χ2v) is 6.21. The van der Waals surface area contributed by atoms with Crippen molar-refractivity contribution in [3.05, 3.63) is 65.2 Å². The standard InChI is InChI=1S/C20H22N2O3/c23-19(22-13-11-16-4-1-2-5-18(16)22)6-3-12-21-14-15-7-9-17(10-8-15)20(24)25/h1-2,4-5,7-10,21H,3,6,11-14H2,(H,24,25). The number of benzene rings is 2. The number of fused-ring (bicyclic) bond motifs is 1. The summed E-state index contributed by atoms with van der Waals surface area (Å²) >= 11 is 0. The van der Waals surface area contributed by atoms with E-state index in [9.17, 15) is 9.59 Å². The highest BCUT2D eigenvalue weighted by molar-refractivity contribution is 5.95. The Hall–Kier alpha value is -2.66. The number of nitrogens with zero attached hydrogens (tertiary/aromatic N) is 1. The van der Waals surface area contributed by atoms with Gasteiger partial charge >= 0.3 is 5.97 Å². The SMILES string of the molecule is O=C(O)c1ccc(CNCCCC(=O)N2CCc3ccccc32)cc1. The van der Waals surface area contributed by atoms with Crippen molar-refractivity contribution in [1.29, 1.82) is 0 Å². The molecule has 0 atom stereocenters. The zero-order valence-electron chi connectivity index (χ0n) is 14.1. The number of anilines is 1. The van der Waals surface area contributed by atoms with Gasteiger partial charge in [-0.3, -0.25) is 4.79 Å². The molecule has 0 fully saturated rings. The average molecular weight is 338 g/mol. The van der Waals surface area contributed by atoms with Crippen LogP contribution in [0.4, 0.5) is 5.69 Å². The van der Waals surface area contributed by atoms with Gasteiger partial charge < -0.3 is 15.3 Å². The third-order valence-corrected chi connectivity index (χ3v) is 4.46. The summed E-state index contributed by atoms with van der Waals surface area (Å²) in [6.07, 6.45) is 2.25. The maximum atomic E-state index is 12.4. The first-order chi connectivity index (χ1) is 12.1. The van der Waals surface area contributed by atoms with Crippen LogP contribution in [0.25, 0.3) is 0 Å². The minimum absolute atomic E-state index is 0.178. The van der Waals surface area contributed by atoms with Crippen LogP contribution >= 0.6 is 0 Å². The van der Waals surface area contributed by atoms with Crippen LogP contribution in [0.3, 0.4) is 0 Å². The molecule has 0 radical (unpaired) electrons. The van der Waals surface area contributed by atoms with E-state index in [1.807, 2.05) is 35.2 Å². The van der Waals surface area contributed by atoms with Crippen molar-refractivity contribution < 1.29 is 14.7 Å². The van der Waals surface area contributed by atoms with E-state index in [-0.39, 0.29) is 5.91 Å². The number of hydrogen-bond donors (Lipinski definition) is 2. The molecule has 2 N–H and O–H groups in total. The number of carboxylic acids is 1. The summed E-state index contributed by atoms with van der Waals surface area (Å²) in [5.41, 5.74) is 3.63. The van der Waals surface area contributed by atoms with Crippen molar-refractivity contribution >= 4 is 17.6 Å². The number of carbonyl (C=O) groups excluding carboxylic acids is 1. The van der Waals surface area contributed by atoms with Gasteiger partial charge in [0.2, 0.25) is 5.91 Å². The minimum atomic E-state index is -0.915. The van der Waals surface area contributed by atoms with Crippen LogP contribution in [0.2, 0.25) is 0 Å². The van der Waals surface area contributed by atoms with Gasteiger partial charge in [-0.15, -0.1) is 0 Å². The fourth-order valence-corrected chi connectivity index (χ4v) is 3.09. The Kier molecular flexibility index (Phi) is 5.46. The quantitative estimate of drug-likeness (QED) is 0.762. The molecule has 0 saturated carbocycles. The van der Waals surface area contributed by atoms with E-state index in [0.717, 1.165) is 37.2 Å². The number of rotatable bonds is 7. The molecule has 130 valence electrons. The lowest BCUT2D eigenvalue weighted by molar-refractivity contribution is -0.118. The van der Waals surface area contributed by atoms with Gasteiger partial charge in [-0.25, -0.2) is 4.79 Å². The first-order valence-corrected chi connectivity index (χ1v) is 8.56. The van der Waals surface area contributed by atoms with Gasteiger partial charge in [0.1, 0.15) is 0 Å². The summed E-state index contributed by atoms with van der Waals surface area (Å²) in [5.74, 6) is -0.737. The molecule has 0 bridgehead atoms. The summed E-state index contributed by atoms with van der Waals surface area (Å²) < 4.78 is 0. The smallest absolute Gasteiger partial charge is 0.335 e. The fourth-order valence-electron chi connectivity index (χ4n) is 3.09. The van der Waals surface area contributed by atoms with Crippen LogP contribution in [0.5, 0.6) is 0 Å². The summed E-state index contributed by atoms with van der Waals surface area (Å²) in [5, 5.41) is 12.2. The van der Waals surface area contributed by atoms with Crippen molar-refractivity contribution in [2.75, 3.05) is 18.0 Å². The Morgan fingerprint density at radius 2 is 1.84 bits per heavy atom. The number of carbonyl (C=O) groups is 2. The molecule has 5 nitrogen and oxygen atoms in total. The molecule has 0 spiro atoms. The monoisotopic (exact) mass is 338 g/mol. The summed E-state index contributed by atoms with van der Waals surface area (Å²) in [6, 6.07) is 14.9. The van der Waals surface area contributed by atoms with E-state index < -0.39 is 5.97 Å². The topological polar surface area (TPSA) is 69.6 Å².